The van der Waals surface area contributed by atoms with Crippen LogP contribution in [-0.2, 0) is 9.53 Å². The van der Waals surface area contributed by atoms with Gasteiger partial charge in [-0.05, 0) is 38.1 Å². The Bertz CT molecular complexity index is 805. The maximum atomic E-state index is 12.2. The van der Waals surface area contributed by atoms with E-state index in [1.807, 2.05) is 13.8 Å². The van der Waals surface area contributed by atoms with E-state index in [4.69, 9.17) is 37.4 Å². The fourth-order valence-corrected chi connectivity index (χ4v) is 2.78. The number of hydrogen-bond donors (Lipinski definition) is 1. The molecule has 1 N–H and O–H groups in total. The lowest BCUT2D eigenvalue weighted by Gasteiger charge is -2.14. The van der Waals surface area contributed by atoms with E-state index >= 15 is 0 Å². The van der Waals surface area contributed by atoms with Crippen LogP contribution in [0.3, 0.4) is 0 Å². The third-order valence-electron chi connectivity index (χ3n) is 3.34. The van der Waals surface area contributed by atoms with Gasteiger partial charge in [0.2, 0.25) is 0 Å². The number of rotatable bonds is 8. The Labute approximate surface area is 167 Å². The lowest BCUT2D eigenvalue weighted by Crippen LogP contribution is -2.21. The van der Waals surface area contributed by atoms with Crippen molar-refractivity contribution in [2.24, 2.45) is 0 Å². The van der Waals surface area contributed by atoms with Crippen LogP contribution in [0.4, 0.5) is 5.69 Å². The molecule has 2 aromatic rings. The van der Waals surface area contributed by atoms with E-state index in [2.05, 4.69) is 5.32 Å². The number of anilines is 1. The molecule has 0 bridgehead atoms. The Hall–Kier alpha value is -2.44. The number of halogens is 2. The monoisotopic (exact) mass is 411 g/mol. The van der Waals surface area contributed by atoms with Gasteiger partial charge in [-0.15, -0.1) is 0 Å². The van der Waals surface area contributed by atoms with Gasteiger partial charge in [-0.2, -0.15) is 0 Å². The van der Waals surface area contributed by atoms with Gasteiger partial charge < -0.3 is 19.5 Å². The molecule has 27 heavy (non-hydrogen) atoms. The van der Waals surface area contributed by atoms with Crippen LogP contribution in [0.1, 0.15) is 24.2 Å². The zero-order valence-electron chi connectivity index (χ0n) is 14.9. The van der Waals surface area contributed by atoms with E-state index < -0.39 is 18.5 Å². The third-order valence-corrected chi connectivity index (χ3v) is 3.97. The number of amides is 1. The van der Waals surface area contributed by atoms with Crippen molar-refractivity contribution in [3.05, 3.63) is 52.0 Å². The van der Waals surface area contributed by atoms with Crippen molar-refractivity contribution in [2.75, 3.05) is 25.1 Å². The fraction of sp³-hybridized carbons (Fsp3) is 0.263. The Morgan fingerprint density at radius 3 is 2.30 bits per heavy atom. The summed E-state index contributed by atoms with van der Waals surface area (Å²) in [6.45, 7) is 4.09. The molecule has 2 rings (SSSR count). The summed E-state index contributed by atoms with van der Waals surface area (Å²) in [5, 5.41) is 2.94. The molecule has 8 heteroatoms. The van der Waals surface area contributed by atoms with Crippen molar-refractivity contribution in [2.45, 2.75) is 13.8 Å². The summed E-state index contributed by atoms with van der Waals surface area (Å²) in [6.07, 6.45) is 0. The van der Waals surface area contributed by atoms with Crippen molar-refractivity contribution in [1.29, 1.82) is 0 Å². The van der Waals surface area contributed by atoms with Gasteiger partial charge in [-0.1, -0.05) is 29.3 Å². The molecule has 0 unspecified atom stereocenters. The number of carbonyl (C=O) groups is 2. The second kappa shape index (κ2) is 10.0. The summed E-state index contributed by atoms with van der Waals surface area (Å²) >= 11 is 11.9. The molecule has 2 aromatic carbocycles. The highest BCUT2D eigenvalue weighted by molar-refractivity contribution is 6.39. The molecule has 0 heterocycles. The summed E-state index contributed by atoms with van der Waals surface area (Å²) < 4.78 is 15.9. The van der Waals surface area contributed by atoms with Gasteiger partial charge in [-0.3, -0.25) is 4.79 Å². The largest absolute Gasteiger partial charge is 0.494 e. The highest BCUT2D eigenvalue weighted by Crippen LogP contribution is 2.29. The van der Waals surface area contributed by atoms with Crippen LogP contribution in [0.25, 0.3) is 0 Å². The maximum Gasteiger partial charge on any atom is 0.341 e. The minimum Gasteiger partial charge on any atom is -0.494 e. The van der Waals surface area contributed by atoms with E-state index in [0.717, 1.165) is 0 Å². The first-order valence-electron chi connectivity index (χ1n) is 8.26. The Morgan fingerprint density at radius 1 is 1.00 bits per heavy atom. The topological polar surface area (TPSA) is 73.9 Å². The molecule has 144 valence electrons. The first-order valence-corrected chi connectivity index (χ1v) is 9.02. The van der Waals surface area contributed by atoms with Crippen LogP contribution in [-0.4, -0.2) is 31.7 Å². The highest BCUT2D eigenvalue weighted by Gasteiger charge is 2.18. The van der Waals surface area contributed by atoms with Crippen LogP contribution in [0.15, 0.2) is 36.4 Å². The third kappa shape index (κ3) is 5.77. The molecule has 0 spiro atoms. The van der Waals surface area contributed by atoms with Gasteiger partial charge in [0, 0.05) is 6.07 Å². The number of benzene rings is 2. The smallest absolute Gasteiger partial charge is 0.341 e. The van der Waals surface area contributed by atoms with Gasteiger partial charge in [0.05, 0.1) is 34.5 Å². The Morgan fingerprint density at radius 2 is 1.67 bits per heavy atom. The standard InChI is InChI=1S/C19H19Cl2NO5/c1-3-25-12-8-9-16(26-4-2)15(10-12)22-17(23)11-27-19(24)18-13(20)6-5-7-14(18)21/h5-10H,3-4,11H2,1-2H3,(H,22,23). The molecule has 0 saturated carbocycles. The van der Waals surface area contributed by atoms with Gasteiger partial charge >= 0.3 is 5.97 Å². The average Bonchev–Trinajstić information content (AvgIpc) is 2.62. The first-order chi connectivity index (χ1) is 13.0. The molecule has 0 radical (unpaired) electrons. The van der Waals surface area contributed by atoms with Crippen molar-refractivity contribution in [3.8, 4) is 11.5 Å². The van der Waals surface area contributed by atoms with Crippen LogP contribution < -0.4 is 14.8 Å². The Balaban J connectivity index is 2.04. The van der Waals surface area contributed by atoms with Gasteiger partial charge in [-0.25, -0.2) is 4.79 Å². The predicted molar refractivity (Wildman–Crippen MR) is 104 cm³/mol. The van der Waals surface area contributed by atoms with Gasteiger partial charge in [0.25, 0.3) is 5.91 Å². The summed E-state index contributed by atoms with van der Waals surface area (Å²) in [5.74, 6) is -0.263. The minimum absolute atomic E-state index is 0.0157. The highest BCUT2D eigenvalue weighted by atomic mass is 35.5. The molecule has 0 aliphatic carbocycles. The summed E-state index contributed by atoms with van der Waals surface area (Å²) in [4.78, 5) is 24.3. The van der Waals surface area contributed by atoms with Crippen molar-refractivity contribution in [1.82, 2.24) is 0 Å². The normalized spacial score (nSPS) is 10.2. The maximum absolute atomic E-state index is 12.2. The fourth-order valence-electron chi connectivity index (χ4n) is 2.23. The molecule has 0 aromatic heterocycles. The van der Waals surface area contributed by atoms with E-state index in [9.17, 15) is 9.59 Å². The Kier molecular flexibility index (Phi) is 7.76. The summed E-state index contributed by atoms with van der Waals surface area (Å²) in [7, 11) is 0. The van der Waals surface area contributed by atoms with E-state index in [1.165, 1.54) is 12.1 Å². The van der Waals surface area contributed by atoms with Crippen LogP contribution in [0, 0.1) is 0 Å². The average molecular weight is 412 g/mol. The van der Waals surface area contributed by atoms with Crippen molar-refractivity contribution < 1.29 is 23.8 Å². The summed E-state index contributed by atoms with van der Waals surface area (Å²) in [6, 6.07) is 9.70. The second-order valence-electron chi connectivity index (χ2n) is 5.24. The molecular formula is C19H19Cl2NO5. The van der Waals surface area contributed by atoms with Gasteiger partial charge in [0.1, 0.15) is 11.5 Å². The minimum atomic E-state index is -0.783. The van der Waals surface area contributed by atoms with E-state index in [0.29, 0.717) is 30.4 Å². The van der Waals surface area contributed by atoms with Crippen LogP contribution >= 0.6 is 23.2 Å². The molecule has 0 saturated heterocycles. The molecule has 1 amide bonds. The van der Waals surface area contributed by atoms with Crippen LogP contribution in [0.5, 0.6) is 11.5 Å². The molecular weight excluding hydrogens is 393 g/mol. The predicted octanol–water partition coefficient (Wildman–Crippen LogP) is 4.59. The van der Waals surface area contributed by atoms with Crippen LogP contribution in [0.2, 0.25) is 10.0 Å². The number of esters is 1. The molecule has 0 atom stereocenters. The lowest BCUT2D eigenvalue weighted by molar-refractivity contribution is -0.119. The molecule has 6 nitrogen and oxygen atoms in total. The zero-order chi connectivity index (χ0) is 19.8. The zero-order valence-corrected chi connectivity index (χ0v) is 16.4. The SMILES string of the molecule is CCOc1ccc(OCC)c(NC(=O)COC(=O)c2c(Cl)cccc2Cl)c1. The molecule has 0 aliphatic heterocycles. The first kappa shape index (κ1) is 20.9. The molecule has 0 aliphatic rings. The summed E-state index contributed by atoms with van der Waals surface area (Å²) in [5.41, 5.74) is 0.432. The number of nitrogens with one attached hydrogen (secondary N) is 1. The quantitative estimate of drug-likeness (QED) is 0.643. The van der Waals surface area contributed by atoms with E-state index in [-0.39, 0.29) is 15.6 Å². The number of hydrogen-bond acceptors (Lipinski definition) is 5. The molecule has 0 fully saturated rings. The van der Waals surface area contributed by atoms with E-state index in [1.54, 1.807) is 24.3 Å². The van der Waals surface area contributed by atoms with Gasteiger partial charge in [0.15, 0.2) is 6.61 Å². The lowest BCUT2D eigenvalue weighted by atomic mass is 10.2. The van der Waals surface area contributed by atoms with Crippen molar-refractivity contribution >= 4 is 40.8 Å². The number of ether oxygens (including phenoxy) is 3. The second-order valence-corrected chi connectivity index (χ2v) is 6.06. The van der Waals surface area contributed by atoms with Crippen molar-refractivity contribution in [3.63, 3.8) is 0 Å². The number of carbonyl (C=O) groups excluding carboxylic acids is 2.